The predicted molar refractivity (Wildman–Crippen MR) is 193 cm³/mol. The van der Waals surface area contributed by atoms with E-state index in [4.69, 9.17) is 4.74 Å². The number of hydrogen-bond donors (Lipinski definition) is 3. The van der Waals surface area contributed by atoms with Crippen LogP contribution in [0.3, 0.4) is 0 Å². The summed E-state index contributed by atoms with van der Waals surface area (Å²) in [6, 6.07) is 8.04. The SMILES string of the molecule is C=C(C)C1CCC2(C(=O)NCCC(NC(=O)OCc3ccccc3)C(=O)O)CCC3(C)C(CCC4C5(C)CCC(=O)C(C)(C)C5CCC43C)C12. The van der Waals surface area contributed by atoms with Gasteiger partial charge in [-0.2, -0.15) is 0 Å². The number of ether oxygens (including phenoxy) is 1. The average molecular weight is 689 g/mol. The Morgan fingerprint density at radius 3 is 2.32 bits per heavy atom. The number of carboxylic acid groups (broad SMARTS) is 1. The number of allylic oxidation sites excluding steroid dienone is 1. The maximum atomic E-state index is 14.5. The Morgan fingerprint density at radius 2 is 1.64 bits per heavy atom. The fraction of sp³-hybridized carbons (Fsp3) is 0.714. The predicted octanol–water partition coefficient (Wildman–Crippen LogP) is 8.10. The molecule has 2 amide bonds. The highest BCUT2D eigenvalue weighted by Gasteiger charge is 2.71. The number of ketones is 1. The molecular weight excluding hydrogens is 628 g/mol. The normalized spacial score (nSPS) is 39.1. The van der Waals surface area contributed by atoms with E-state index >= 15 is 0 Å². The molecule has 0 saturated heterocycles. The third-order valence-corrected chi connectivity index (χ3v) is 15.8. The molecule has 6 rings (SSSR count). The monoisotopic (exact) mass is 688 g/mol. The van der Waals surface area contributed by atoms with Crippen molar-refractivity contribution >= 4 is 23.8 Å². The van der Waals surface area contributed by atoms with Gasteiger partial charge in [0.25, 0.3) is 0 Å². The Labute approximate surface area is 299 Å². The van der Waals surface area contributed by atoms with E-state index in [1.54, 1.807) is 0 Å². The van der Waals surface area contributed by atoms with Crippen molar-refractivity contribution in [3.63, 3.8) is 0 Å². The molecule has 0 aliphatic heterocycles. The number of hydrogen-bond acceptors (Lipinski definition) is 5. The summed E-state index contributed by atoms with van der Waals surface area (Å²) in [5.41, 5.74) is 1.50. The molecule has 3 N–H and O–H groups in total. The molecular formula is C42H60N2O6. The molecule has 5 aliphatic rings. The molecule has 10 atom stereocenters. The van der Waals surface area contributed by atoms with E-state index in [9.17, 15) is 24.3 Å². The number of rotatable bonds is 9. The van der Waals surface area contributed by atoms with Gasteiger partial charge in [-0.15, -0.1) is 0 Å². The zero-order valence-corrected chi connectivity index (χ0v) is 31.2. The van der Waals surface area contributed by atoms with Crippen LogP contribution in [0.5, 0.6) is 0 Å². The molecule has 8 heteroatoms. The minimum absolute atomic E-state index is 0.0274. The first-order chi connectivity index (χ1) is 23.5. The average Bonchev–Trinajstić information content (AvgIpc) is 3.47. The van der Waals surface area contributed by atoms with Crippen molar-refractivity contribution < 1.29 is 29.0 Å². The van der Waals surface area contributed by atoms with Crippen LogP contribution in [0.2, 0.25) is 0 Å². The smallest absolute Gasteiger partial charge is 0.408 e. The van der Waals surface area contributed by atoms with Gasteiger partial charge in [-0.3, -0.25) is 9.59 Å². The number of nitrogens with one attached hydrogen (secondary N) is 2. The lowest BCUT2D eigenvalue weighted by Crippen LogP contribution is -2.67. The molecule has 5 saturated carbocycles. The van der Waals surface area contributed by atoms with Crippen LogP contribution in [0.15, 0.2) is 42.5 Å². The topological polar surface area (TPSA) is 122 Å². The number of carbonyl (C=O) groups excluding carboxylic acids is 3. The van der Waals surface area contributed by atoms with Gasteiger partial charge in [0.15, 0.2) is 0 Å². The molecule has 0 bridgehead atoms. The lowest BCUT2D eigenvalue weighted by atomic mass is 9.32. The number of benzene rings is 1. The van der Waals surface area contributed by atoms with Gasteiger partial charge in [-0.05, 0) is 123 Å². The molecule has 50 heavy (non-hydrogen) atoms. The van der Waals surface area contributed by atoms with E-state index in [1.165, 1.54) is 0 Å². The first kappa shape index (κ1) is 36.6. The van der Waals surface area contributed by atoms with Crippen LogP contribution in [-0.4, -0.2) is 41.4 Å². The zero-order valence-electron chi connectivity index (χ0n) is 31.2. The van der Waals surface area contributed by atoms with Gasteiger partial charge in [0, 0.05) is 18.4 Å². The van der Waals surface area contributed by atoms with E-state index in [2.05, 4.69) is 58.8 Å². The number of aliphatic carboxylic acids is 1. The maximum absolute atomic E-state index is 14.5. The summed E-state index contributed by atoms with van der Waals surface area (Å²) < 4.78 is 5.25. The lowest BCUT2D eigenvalue weighted by molar-refractivity contribution is -0.233. The summed E-state index contributed by atoms with van der Waals surface area (Å²) in [5.74, 6) is 1.10. The van der Waals surface area contributed by atoms with Gasteiger partial charge in [-0.25, -0.2) is 9.59 Å². The third-order valence-electron chi connectivity index (χ3n) is 15.8. The van der Waals surface area contributed by atoms with Gasteiger partial charge in [0.1, 0.15) is 18.4 Å². The molecule has 274 valence electrons. The first-order valence-electron chi connectivity index (χ1n) is 19.2. The second-order valence-electron chi connectivity index (χ2n) is 18.1. The minimum atomic E-state index is -1.18. The lowest BCUT2D eigenvalue weighted by Gasteiger charge is -2.72. The van der Waals surface area contributed by atoms with Crippen molar-refractivity contribution in [2.75, 3.05) is 6.54 Å². The fourth-order valence-electron chi connectivity index (χ4n) is 13.0. The van der Waals surface area contributed by atoms with Crippen LogP contribution in [0, 0.1) is 56.7 Å². The van der Waals surface area contributed by atoms with Gasteiger partial charge in [0.05, 0.1) is 5.41 Å². The summed E-state index contributed by atoms with van der Waals surface area (Å²) in [6.07, 6.45) is 8.95. The van der Waals surface area contributed by atoms with Crippen LogP contribution in [0.1, 0.15) is 118 Å². The van der Waals surface area contributed by atoms with Crippen LogP contribution in [-0.2, 0) is 25.7 Å². The molecule has 0 heterocycles. The van der Waals surface area contributed by atoms with Crippen LogP contribution in [0.25, 0.3) is 0 Å². The number of Topliss-reactive ketones (excluding diaryl/α,β-unsaturated/α-hetero) is 1. The van der Waals surface area contributed by atoms with Crippen molar-refractivity contribution in [3.8, 4) is 0 Å². The number of carbonyl (C=O) groups is 4. The van der Waals surface area contributed by atoms with E-state index in [0.29, 0.717) is 30.0 Å². The molecule has 1 aromatic carbocycles. The van der Waals surface area contributed by atoms with Crippen molar-refractivity contribution in [2.45, 2.75) is 125 Å². The maximum Gasteiger partial charge on any atom is 0.408 e. The van der Waals surface area contributed by atoms with Crippen LogP contribution in [0.4, 0.5) is 4.79 Å². The Hall–Kier alpha value is -3.16. The second-order valence-corrected chi connectivity index (χ2v) is 18.1. The number of alkyl carbamates (subject to hydrolysis) is 1. The Balaban J connectivity index is 1.17. The number of amides is 2. The standard InChI is InChI=1S/C42H60N2O6/c1-26(2)28-15-21-42(36(48)43-24-18-30(35(46)47)44-37(49)50-25-27-11-9-8-10-12-27)23-22-40(6)29(34(28)42)13-14-32-39(5)19-17-33(45)38(3,4)31(39)16-20-41(32,40)7/h8-12,28-32,34H,1,13-25H2,2-7H3,(H,43,48)(H,44,49)(H,46,47). The van der Waals surface area contributed by atoms with Crippen molar-refractivity contribution in [1.82, 2.24) is 10.6 Å². The van der Waals surface area contributed by atoms with E-state index in [-0.39, 0.29) is 59.0 Å². The van der Waals surface area contributed by atoms with E-state index in [1.807, 2.05) is 30.3 Å². The summed E-state index contributed by atoms with van der Waals surface area (Å²) >= 11 is 0. The summed E-state index contributed by atoms with van der Waals surface area (Å²) in [5, 5.41) is 15.5. The van der Waals surface area contributed by atoms with Crippen molar-refractivity contribution in [2.24, 2.45) is 56.7 Å². The molecule has 0 radical (unpaired) electrons. The highest BCUT2D eigenvalue weighted by atomic mass is 16.5. The highest BCUT2D eigenvalue weighted by Crippen LogP contribution is 2.77. The number of fused-ring (bicyclic) bond motifs is 7. The van der Waals surface area contributed by atoms with Gasteiger partial charge >= 0.3 is 12.1 Å². The van der Waals surface area contributed by atoms with Gasteiger partial charge < -0.3 is 20.5 Å². The Bertz CT molecular complexity index is 1520. The fourth-order valence-corrected chi connectivity index (χ4v) is 13.0. The second kappa shape index (κ2) is 13.1. The summed E-state index contributed by atoms with van der Waals surface area (Å²) in [7, 11) is 0. The molecule has 0 aromatic heterocycles. The van der Waals surface area contributed by atoms with E-state index in [0.717, 1.165) is 68.9 Å². The minimum Gasteiger partial charge on any atom is -0.480 e. The van der Waals surface area contributed by atoms with Crippen molar-refractivity contribution in [3.05, 3.63) is 48.0 Å². The van der Waals surface area contributed by atoms with Crippen molar-refractivity contribution in [1.29, 1.82) is 0 Å². The molecule has 5 aliphatic carbocycles. The Morgan fingerprint density at radius 1 is 0.920 bits per heavy atom. The molecule has 10 unspecified atom stereocenters. The molecule has 1 aromatic rings. The van der Waals surface area contributed by atoms with E-state index < -0.39 is 23.5 Å². The van der Waals surface area contributed by atoms with Gasteiger partial charge in [-0.1, -0.05) is 77.1 Å². The molecule has 5 fully saturated rings. The number of carboxylic acids is 1. The van der Waals surface area contributed by atoms with Crippen LogP contribution >= 0.6 is 0 Å². The first-order valence-corrected chi connectivity index (χ1v) is 19.2. The zero-order chi connectivity index (χ0) is 36.3. The molecule has 8 nitrogen and oxygen atoms in total. The van der Waals surface area contributed by atoms with Crippen LogP contribution < -0.4 is 10.6 Å². The third kappa shape index (κ3) is 5.71. The largest absolute Gasteiger partial charge is 0.480 e. The summed E-state index contributed by atoms with van der Waals surface area (Å²) in [4.78, 5) is 52.1. The highest BCUT2D eigenvalue weighted by molar-refractivity contribution is 5.86. The molecule has 0 spiro atoms. The van der Waals surface area contributed by atoms with Gasteiger partial charge in [0.2, 0.25) is 5.91 Å². The summed E-state index contributed by atoms with van der Waals surface area (Å²) in [6.45, 7) is 18.8. The Kier molecular flexibility index (Phi) is 9.60. The quantitative estimate of drug-likeness (QED) is 0.226.